The first-order valence-electron chi connectivity index (χ1n) is 17.0. The molecule has 8 rings (SSSR count). The number of benzene rings is 3. The topological polar surface area (TPSA) is 117 Å². The van der Waals surface area contributed by atoms with Gasteiger partial charge in [0.25, 0.3) is 11.8 Å². The molecule has 4 fully saturated rings. The zero-order valence-corrected chi connectivity index (χ0v) is 29.1. The van der Waals surface area contributed by atoms with Gasteiger partial charge in [0.1, 0.15) is 5.82 Å². The standard InChI is InChI=1S/C38H34Cl2FN3O7/c1-2-51-30-19-21(3-14-29(30)45)32-26-12-13-27-31(34(47)43(33(27)46)24-10-8-23(9-11-24)42-15-17-50-18-16-42)28(26)20-37(39)35(48)44(36(49)38(32,37)40)25-6-4-22(41)5-7-25/h3-12,14,19,27-28,31-32,45H,2,13,15-18,20H2,1H3. The van der Waals surface area contributed by atoms with E-state index in [-0.39, 0.29) is 42.5 Å². The molecule has 4 amide bonds. The monoisotopic (exact) mass is 733 g/mol. The molecule has 10 nitrogen and oxygen atoms in total. The maximum absolute atomic E-state index is 14.6. The molecule has 2 aliphatic carbocycles. The fourth-order valence-electron chi connectivity index (χ4n) is 8.64. The van der Waals surface area contributed by atoms with E-state index in [1.54, 1.807) is 31.2 Å². The lowest BCUT2D eigenvalue weighted by Crippen LogP contribution is -2.60. The van der Waals surface area contributed by atoms with Crippen LogP contribution in [0, 0.1) is 23.6 Å². The molecule has 3 aromatic carbocycles. The molecule has 3 aromatic rings. The fraction of sp³-hybridized carbons (Fsp3) is 0.368. The number of rotatable bonds is 6. The number of fused-ring (bicyclic) bond motifs is 4. The van der Waals surface area contributed by atoms with Crippen LogP contribution in [-0.4, -0.2) is 71.4 Å². The van der Waals surface area contributed by atoms with Gasteiger partial charge in [-0.15, -0.1) is 23.2 Å². The van der Waals surface area contributed by atoms with Crippen molar-refractivity contribution in [3.8, 4) is 11.5 Å². The van der Waals surface area contributed by atoms with Gasteiger partial charge in [-0.05, 0) is 91.9 Å². The third-order valence-corrected chi connectivity index (χ3v) is 12.4. The average Bonchev–Trinajstić information content (AvgIpc) is 3.47. The Morgan fingerprint density at radius 1 is 0.863 bits per heavy atom. The Bertz CT molecular complexity index is 1990. The van der Waals surface area contributed by atoms with E-state index in [2.05, 4.69) is 4.90 Å². The van der Waals surface area contributed by atoms with Crippen molar-refractivity contribution in [2.75, 3.05) is 47.6 Å². The van der Waals surface area contributed by atoms with Crippen molar-refractivity contribution in [3.63, 3.8) is 0 Å². The number of anilines is 3. The molecule has 1 N–H and O–H groups in total. The summed E-state index contributed by atoms with van der Waals surface area (Å²) in [5.74, 6) is -6.38. The predicted octanol–water partition coefficient (Wildman–Crippen LogP) is 5.53. The van der Waals surface area contributed by atoms with E-state index in [0.717, 1.165) is 35.8 Å². The number of phenolic OH excluding ortho intramolecular Hbond substituents is 1. The van der Waals surface area contributed by atoms with Crippen LogP contribution >= 0.6 is 23.2 Å². The number of allylic oxidation sites excluding steroid dienone is 2. The van der Waals surface area contributed by atoms with Crippen LogP contribution in [0.15, 0.2) is 78.4 Å². The highest BCUT2D eigenvalue weighted by Gasteiger charge is 2.76. The number of nitrogens with zero attached hydrogens (tertiary/aromatic N) is 3. The number of morpholine rings is 1. The summed E-state index contributed by atoms with van der Waals surface area (Å²) < 4.78 is 25.1. The van der Waals surface area contributed by atoms with Gasteiger partial charge in [-0.1, -0.05) is 17.7 Å². The van der Waals surface area contributed by atoms with E-state index in [0.29, 0.717) is 30.0 Å². The summed E-state index contributed by atoms with van der Waals surface area (Å²) >= 11 is 14.9. The summed E-state index contributed by atoms with van der Waals surface area (Å²) in [4.78, 5) is 57.7. The second-order valence-corrected chi connectivity index (χ2v) is 14.8. The Balaban J connectivity index is 1.22. The number of carbonyl (C=O) groups is 4. The number of halogens is 3. The van der Waals surface area contributed by atoms with Gasteiger partial charge in [-0.25, -0.2) is 9.29 Å². The minimum absolute atomic E-state index is 0.0916. The SMILES string of the molecule is CCOc1cc(C2C3=CCC4C(=O)N(c5ccc(N6CCOCC6)cc5)C(=O)C4C3CC3(Cl)C(=O)N(c4ccc(F)cc4)C(=O)C23Cl)ccc1O. The molecule has 0 radical (unpaired) electrons. The second kappa shape index (κ2) is 12.4. The minimum atomic E-state index is -2.10. The largest absolute Gasteiger partial charge is 0.504 e. The normalized spacial score (nSPS) is 30.3. The number of carbonyl (C=O) groups excluding carboxylic acids is 4. The Hall–Kier alpha value is -4.45. The number of aromatic hydroxyl groups is 1. The van der Waals surface area contributed by atoms with Gasteiger partial charge in [0, 0.05) is 24.7 Å². The molecule has 0 bridgehead atoms. The van der Waals surface area contributed by atoms with Gasteiger partial charge >= 0.3 is 0 Å². The van der Waals surface area contributed by atoms with E-state index in [1.807, 2.05) is 18.2 Å². The van der Waals surface area contributed by atoms with Crippen LogP contribution < -0.4 is 19.4 Å². The molecular formula is C38H34Cl2FN3O7. The molecule has 5 aliphatic rings. The number of alkyl halides is 2. The molecule has 1 saturated carbocycles. The molecule has 264 valence electrons. The molecule has 0 aromatic heterocycles. The van der Waals surface area contributed by atoms with Crippen molar-refractivity contribution in [2.45, 2.75) is 35.4 Å². The maximum atomic E-state index is 14.6. The zero-order valence-electron chi connectivity index (χ0n) is 27.6. The highest BCUT2D eigenvalue weighted by atomic mass is 35.5. The number of phenols is 1. The third kappa shape index (κ3) is 4.92. The van der Waals surface area contributed by atoms with Crippen molar-refractivity contribution in [1.82, 2.24) is 0 Å². The number of amides is 4. The smallest absolute Gasteiger partial charge is 0.258 e. The van der Waals surface area contributed by atoms with E-state index < -0.39 is 57.0 Å². The lowest BCUT2D eigenvalue weighted by Gasteiger charge is -2.50. The summed E-state index contributed by atoms with van der Waals surface area (Å²) in [5, 5.41) is 10.6. The summed E-state index contributed by atoms with van der Waals surface area (Å²) in [6, 6.07) is 16.7. The van der Waals surface area contributed by atoms with Crippen molar-refractivity contribution in [2.24, 2.45) is 17.8 Å². The van der Waals surface area contributed by atoms with Gasteiger partial charge in [-0.3, -0.25) is 24.1 Å². The molecule has 13 heteroatoms. The first kappa shape index (κ1) is 33.7. The highest BCUT2D eigenvalue weighted by Crippen LogP contribution is 2.66. The van der Waals surface area contributed by atoms with E-state index in [4.69, 9.17) is 32.7 Å². The first-order chi connectivity index (χ1) is 24.5. The van der Waals surface area contributed by atoms with E-state index >= 15 is 0 Å². The molecular weight excluding hydrogens is 700 g/mol. The van der Waals surface area contributed by atoms with E-state index in [9.17, 15) is 28.7 Å². The number of ether oxygens (including phenoxy) is 2. The van der Waals surface area contributed by atoms with Crippen molar-refractivity contribution >= 4 is 63.9 Å². The summed E-state index contributed by atoms with van der Waals surface area (Å²) in [7, 11) is 0. The summed E-state index contributed by atoms with van der Waals surface area (Å²) in [5.41, 5.74) is 2.51. The zero-order chi connectivity index (χ0) is 35.8. The van der Waals surface area contributed by atoms with Gasteiger partial charge in [0.15, 0.2) is 21.2 Å². The highest BCUT2D eigenvalue weighted by molar-refractivity contribution is 6.58. The van der Waals surface area contributed by atoms with Crippen LogP contribution in [0.2, 0.25) is 0 Å². The van der Waals surface area contributed by atoms with Gasteiger partial charge in [0.2, 0.25) is 11.8 Å². The fourth-order valence-corrected chi connectivity index (χ4v) is 9.58. The summed E-state index contributed by atoms with van der Waals surface area (Å²) in [6.07, 6.45) is 1.84. The maximum Gasteiger partial charge on any atom is 0.258 e. The lowest BCUT2D eigenvalue weighted by atomic mass is 9.56. The van der Waals surface area contributed by atoms with E-state index in [1.165, 1.54) is 23.1 Å². The third-order valence-electron chi connectivity index (χ3n) is 11.0. The molecule has 51 heavy (non-hydrogen) atoms. The predicted molar refractivity (Wildman–Crippen MR) is 188 cm³/mol. The first-order valence-corrected chi connectivity index (χ1v) is 17.7. The van der Waals surface area contributed by atoms with Crippen LogP contribution in [0.3, 0.4) is 0 Å². The van der Waals surface area contributed by atoms with Crippen LogP contribution in [0.1, 0.15) is 31.2 Å². The molecule has 6 unspecified atom stereocenters. The van der Waals surface area contributed by atoms with Crippen LogP contribution in [0.4, 0.5) is 21.5 Å². The van der Waals surface area contributed by atoms with Crippen LogP contribution in [0.5, 0.6) is 11.5 Å². The van der Waals surface area contributed by atoms with Crippen molar-refractivity contribution in [1.29, 1.82) is 0 Å². The van der Waals surface area contributed by atoms with Crippen molar-refractivity contribution < 1.29 is 38.1 Å². The van der Waals surface area contributed by atoms with Crippen LogP contribution in [0.25, 0.3) is 0 Å². The number of imide groups is 2. The molecule has 0 spiro atoms. The second-order valence-electron chi connectivity index (χ2n) is 13.5. The van der Waals surface area contributed by atoms with Gasteiger partial charge in [-0.2, -0.15) is 0 Å². The number of hydrogen-bond acceptors (Lipinski definition) is 8. The number of hydrogen-bond donors (Lipinski definition) is 1. The summed E-state index contributed by atoms with van der Waals surface area (Å²) in [6.45, 7) is 4.69. The molecule has 6 atom stereocenters. The molecule has 3 heterocycles. The van der Waals surface area contributed by atoms with Gasteiger partial charge < -0.3 is 19.5 Å². The Kier molecular flexibility index (Phi) is 8.16. The molecule has 3 saturated heterocycles. The quantitative estimate of drug-likeness (QED) is 0.200. The Morgan fingerprint density at radius 2 is 1.51 bits per heavy atom. The lowest BCUT2D eigenvalue weighted by molar-refractivity contribution is -0.125. The van der Waals surface area contributed by atoms with Crippen LogP contribution in [-0.2, 0) is 23.9 Å². The minimum Gasteiger partial charge on any atom is -0.504 e. The van der Waals surface area contributed by atoms with Gasteiger partial charge in [0.05, 0.1) is 43.0 Å². The average molecular weight is 735 g/mol. The molecule has 3 aliphatic heterocycles. The van der Waals surface area contributed by atoms with Crippen molar-refractivity contribution in [3.05, 3.63) is 89.8 Å². The Morgan fingerprint density at radius 3 is 2.20 bits per heavy atom. The Labute approximate surface area is 303 Å².